The Morgan fingerprint density at radius 2 is 1.94 bits per heavy atom. The van der Waals surface area contributed by atoms with E-state index < -0.39 is 51.4 Å². The van der Waals surface area contributed by atoms with Crippen LogP contribution in [0.4, 0.5) is 4.39 Å². The number of allylic oxidation sites excluding steroid dienone is 4. The average molecular weight is 463 g/mol. The maximum atomic E-state index is 17.5. The van der Waals surface area contributed by atoms with E-state index >= 15 is 4.39 Å². The first kappa shape index (κ1) is 23.3. The van der Waals surface area contributed by atoms with Crippen LogP contribution < -0.4 is 0 Å². The molecule has 0 radical (unpaired) electrons. The number of halogens is 1. The predicted octanol–water partition coefficient (Wildman–Crippen LogP) is 3.46. The van der Waals surface area contributed by atoms with Gasteiger partial charge in [0.2, 0.25) is 0 Å². The summed E-state index contributed by atoms with van der Waals surface area (Å²) in [5, 5.41) is 11.6. The molecular weight excluding hydrogens is 427 g/mol. The van der Waals surface area contributed by atoms with Gasteiger partial charge in [-0.2, -0.15) is 0 Å². The summed E-state index contributed by atoms with van der Waals surface area (Å²) in [6, 6.07) is 0. The van der Waals surface area contributed by atoms with Gasteiger partial charge in [0.1, 0.15) is 6.61 Å². The van der Waals surface area contributed by atoms with Gasteiger partial charge < -0.3 is 19.3 Å². The summed E-state index contributed by atoms with van der Waals surface area (Å²) in [6.45, 7) is 9.22. The molecule has 1 aliphatic heterocycles. The molecule has 33 heavy (non-hydrogen) atoms. The Morgan fingerprint density at radius 3 is 2.61 bits per heavy atom. The normalized spacial score (nSPS) is 51.9. The van der Waals surface area contributed by atoms with E-state index in [1.807, 2.05) is 13.8 Å². The first-order valence-electron chi connectivity index (χ1n) is 11.9. The zero-order valence-corrected chi connectivity index (χ0v) is 20.4. The van der Waals surface area contributed by atoms with Gasteiger partial charge in [0.25, 0.3) is 0 Å². The standard InChI is InChI=1S/C26H35FO6/c1-21(2)32-20-13-23(4)17-8-7-15-11-16(28)9-10-22(15,3)25(17,27)18(29)12-24(23,5)26(20,33-21)19(30)14-31-6/h9-11,17-18,20,29H,7-8,12-14H2,1-6H3/t17-,18-,20+,22-,23-,24-,25-,26+/m0/s1. The van der Waals surface area contributed by atoms with Crippen molar-refractivity contribution in [3.8, 4) is 0 Å². The molecule has 6 nitrogen and oxygen atoms in total. The van der Waals surface area contributed by atoms with Gasteiger partial charge >= 0.3 is 0 Å². The minimum absolute atomic E-state index is 0.0482. The number of ketones is 2. The quantitative estimate of drug-likeness (QED) is 0.692. The lowest BCUT2D eigenvalue weighted by molar-refractivity contribution is -0.271. The molecule has 8 atom stereocenters. The lowest BCUT2D eigenvalue weighted by Crippen LogP contribution is -2.72. The zero-order chi connectivity index (χ0) is 24.2. The van der Waals surface area contributed by atoms with Crippen molar-refractivity contribution >= 4 is 11.6 Å². The fourth-order valence-electron chi connectivity index (χ4n) is 8.48. The van der Waals surface area contributed by atoms with E-state index in [1.54, 1.807) is 26.8 Å². The molecule has 3 saturated carbocycles. The van der Waals surface area contributed by atoms with E-state index in [4.69, 9.17) is 14.2 Å². The molecule has 0 unspecified atom stereocenters. The molecule has 1 heterocycles. The third kappa shape index (κ3) is 2.47. The number of aliphatic hydroxyl groups is 1. The third-order valence-corrected chi connectivity index (χ3v) is 10.1. The van der Waals surface area contributed by atoms with Crippen molar-refractivity contribution in [3.63, 3.8) is 0 Å². The number of methoxy groups -OCH3 is 1. The molecule has 0 aromatic heterocycles. The van der Waals surface area contributed by atoms with E-state index in [9.17, 15) is 14.7 Å². The van der Waals surface area contributed by atoms with E-state index in [-0.39, 0.29) is 24.6 Å². The number of aliphatic hydroxyl groups excluding tert-OH is 1. The molecule has 7 heteroatoms. The highest BCUT2D eigenvalue weighted by Gasteiger charge is 2.83. The Balaban J connectivity index is 1.68. The number of fused-ring (bicyclic) bond motifs is 7. The predicted molar refractivity (Wildman–Crippen MR) is 118 cm³/mol. The Morgan fingerprint density at radius 1 is 1.24 bits per heavy atom. The molecule has 0 bridgehead atoms. The highest BCUT2D eigenvalue weighted by molar-refractivity contribution is 6.01. The highest BCUT2D eigenvalue weighted by Crippen LogP contribution is 2.77. The van der Waals surface area contributed by atoms with Gasteiger partial charge in [-0.3, -0.25) is 9.59 Å². The number of alkyl halides is 1. The number of hydrogen-bond acceptors (Lipinski definition) is 6. The lowest BCUT2D eigenvalue weighted by atomic mass is 9.40. The number of carbonyl (C=O) groups is 2. The van der Waals surface area contributed by atoms with Gasteiger partial charge in [-0.25, -0.2) is 4.39 Å². The number of Topliss-reactive ketones (excluding diaryl/α,β-unsaturated/α-hetero) is 1. The Kier molecular flexibility index (Phi) is 4.68. The topological polar surface area (TPSA) is 82.1 Å². The van der Waals surface area contributed by atoms with Gasteiger partial charge in [0.05, 0.1) is 12.2 Å². The second-order valence-electron chi connectivity index (χ2n) is 11.8. The molecule has 5 aliphatic rings. The van der Waals surface area contributed by atoms with Crippen molar-refractivity contribution in [2.75, 3.05) is 13.7 Å². The third-order valence-electron chi connectivity index (χ3n) is 10.1. The Hall–Kier alpha value is -1.41. The lowest BCUT2D eigenvalue weighted by Gasteiger charge is -2.66. The minimum Gasteiger partial charge on any atom is -0.390 e. The van der Waals surface area contributed by atoms with Crippen molar-refractivity contribution in [2.24, 2.45) is 22.2 Å². The van der Waals surface area contributed by atoms with E-state index in [1.165, 1.54) is 19.3 Å². The highest BCUT2D eigenvalue weighted by atomic mass is 19.1. The fourth-order valence-corrected chi connectivity index (χ4v) is 8.48. The van der Waals surface area contributed by atoms with Crippen LogP contribution in [0.1, 0.15) is 60.3 Å². The van der Waals surface area contributed by atoms with Crippen LogP contribution in [0, 0.1) is 22.2 Å². The van der Waals surface area contributed by atoms with Gasteiger partial charge in [0, 0.05) is 23.9 Å². The van der Waals surface area contributed by atoms with Crippen molar-refractivity contribution in [1.29, 1.82) is 0 Å². The van der Waals surface area contributed by atoms with Crippen LogP contribution in [0.3, 0.4) is 0 Å². The van der Waals surface area contributed by atoms with Gasteiger partial charge in [0.15, 0.2) is 28.6 Å². The van der Waals surface area contributed by atoms with Crippen LogP contribution >= 0.6 is 0 Å². The number of hydrogen-bond donors (Lipinski definition) is 1. The number of carbonyl (C=O) groups excluding carboxylic acids is 2. The summed E-state index contributed by atoms with van der Waals surface area (Å²) in [7, 11) is 1.47. The van der Waals surface area contributed by atoms with Gasteiger partial charge in [-0.1, -0.05) is 25.5 Å². The molecule has 0 amide bonds. The summed E-state index contributed by atoms with van der Waals surface area (Å²) in [4.78, 5) is 25.7. The van der Waals surface area contributed by atoms with Crippen LogP contribution in [0.25, 0.3) is 0 Å². The molecule has 4 fully saturated rings. The molecule has 0 spiro atoms. The van der Waals surface area contributed by atoms with Crippen LogP contribution in [0.2, 0.25) is 0 Å². The SMILES string of the molecule is COCC(=O)[C@@]12OC(C)(C)O[C@@H]1C[C@@]1(C)[C@@H]3CCC4=CC(=O)C=C[C@]4(C)[C@@]3(F)[C@@H](O)C[C@@]12C. The van der Waals surface area contributed by atoms with Crippen LogP contribution in [-0.2, 0) is 23.8 Å². The Bertz CT molecular complexity index is 987. The molecule has 0 aromatic rings. The molecule has 1 N–H and O–H groups in total. The second kappa shape index (κ2) is 6.62. The van der Waals surface area contributed by atoms with Crippen molar-refractivity contribution < 1.29 is 33.3 Å². The maximum Gasteiger partial charge on any atom is 0.193 e. The fraction of sp³-hybridized carbons (Fsp3) is 0.769. The summed E-state index contributed by atoms with van der Waals surface area (Å²) in [6.07, 6.45) is 4.23. The molecule has 1 saturated heterocycles. The monoisotopic (exact) mass is 462 g/mol. The van der Waals surface area contributed by atoms with E-state index in [0.29, 0.717) is 19.3 Å². The first-order valence-corrected chi connectivity index (χ1v) is 11.9. The first-order chi connectivity index (χ1) is 15.2. The summed E-state index contributed by atoms with van der Waals surface area (Å²) < 4.78 is 35.4. The molecular formula is C26H35FO6. The van der Waals surface area contributed by atoms with Crippen molar-refractivity contribution in [3.05, 3.63) is 23.8 Å². The average Bonchev–Trinajstić information content (AvgIpc) is 3.08. The summed E-state index contributed by atoms with van der Waals surface area (Å²) in [5.74, 6) is -1.90. The van der Waals surface area contributed by atoms with E-state index in [2.05, 4.69) is 0 Å². The number of ether oxygens (including phenoxy) is 3. The van der Waals surface area contributed by atoms with Gasteiger partial charge in [-0.15, -0.1) is 0 Å². The molecule has 5 rings (SSSR count). The van der Waals surface area contributed by atoms with Crippen LogP contribution in [0.5, 0.6) is 0 Å². The van der Waals surface area contributed by atoms with Crippen LogP contribution in [-0.4, -0.2) is 59.7 Å². The minimum atomic E-state index is -1.98. The van der Waals surface area contributed by atoms with Crippen molar-refractivity contribution in [2.45, 2.75) is 89.6 Å². The summed E-state index contributed by atoms with van der Waals surface area (Å²) >= 11 is 0. The second-order valence-corrected chi connectivity index (χ2v) is 11.8. The van der Waals surface area contributed by atoms with E-state index in [0.717, 1.165) is 5.57 Å². The Labute approximate surface area is 194 Å². The number of rotatable bonds is 3. The van der Waals surface area contributed by atoms with Crippen LogP contribution in [0.15, 0.2) is 23.8 Å². The molecule has 0 aromatic carbocycles. The van der Waals surface area contributed by atoms with Crippen molar-refractivity contribution in [1.82, 2.24) is 0 Å². The summed E-state index contributed by atoms with van der Waals surface area (Å²) in [5.41, 5.74) is -5.23. The molecule has 4 aliphatic carbocycles. The smallest absolute Gasteiger partial charge is 0.193 e. The maximum absolute atomic E-state index is 17.5. The zero-order valence-electron chi connectivity index (χ0n) is 20.4. The largest absolute Gasteiger partial charge is 0.390 e. The van der Waals surface area contributed by atoms with Gasteiger partial charge in [-0.05, 0) is 64.0 Å². The molecule has 182 valence electrons.